The number of likely N-dealkylation sites (tertiary alicyclic amines) is 1. The van der Waals surface area contributed by atoms with Crippen LogP contribution in [0.1, 0.15) is 52.4 Å². The van der Waals surface area contributed by atoms with Gasteiger partial charge in [-0.1, -0.05) is 13.8 Å². The molecule has 0 aromatic heterocycles. The zero-order valence-corrected chi connectivity index (χ0v) is 13.7. The molecule has 2 heterocycles. The van der Waals surface area contributed by atoms with Crippen molar-refractivity contribution in [3.8, 4) is 0 Å². The summed E-state index contributed by atoms with van der Waals surface area (Å²) in [6.45, 7) is 13.7. The Bertz CT molecular complexity index is 237. The molecule has 2 aliphatic rings. The van der Waals surface area contributed by atoms with Crippen molar-refractivity contribution in [1.29, 1.82) is 0 Å². The molecule has 0 radical (unpaired) electrons. The summed E-state index contributed by atoms with van der Waals surface area (Å²) in [5.74, 6) is 0.954. The lowest BCUT2D eigenvalue weighted by Gasteiger charge is -2.40. The van der Waals surface area contributed by atoms with E-state index in [-0.39, 0.29) is 0 Å². The molecule has 1 N–H and O–H groups in total. The largest absolute Gasteiger partial charge is 0.317 e. The molecule has 118 valence electrons. The number of nitrogens with zero attached hydrogens (tertiary/aromatic N) is 2. The number of hydrogen-bond acceptors (Lipinski definition) is 3. The third kappa shape index (κ3) is 5.01. The first-order chi connectivity index (χ1) is 9.83. The highest BCUT2D eigenvalue weighted by Crippen LogP contribution is 2.20. The van der Waals surface area contributed by atoms with Gasteiger partial charge in [0.15, 0.2) is 0 Å². The standard InChI is InChI=1S/C17H35N3/c1-3-11-20(12-4-2)17-7-13-19(14-8-17)15-16-5-9-18-10-6-16/h16-18H,3-15H2,1-2H3. The summed E-state index contributed by atoms with van der Waals surface area (Å²) in [5.41, 5.74) is 0. The van der Waals surface area contributed by atoms with Crippen molar-refractivity contribution in [2.24, 2.45) is 5.92 Å². The van der Waals surface area contributed by atoms with Crippen LogP contribution in [0.3, 0.4) is 0 Å². The molecule has 0 unspecified atom stereocenters. The van der Waals surface area contributed by atoms with Gasteiger partial charge in [-0.2, -0.15) is 0 Å². The fourth-order valence-electron chi connectivity index (χ4n) is 3.95. The van der Waals surface area contributed by atoms with Crippen LogP contribution in [0.15, 0.2) is 0 Å². The van der Waals surface area contributed by atoms with Gasteiger partial charge in [0.05, 0.1) is 0 Å². The van der Waals surface area contributed by atoms with E-state index in [1.807, 2.05) is 0 Å². The Hall–Kier alpha value is -0.120. The van der Waals surface area contributed by atoms with Crippen LogP contribution in [-0.4, -0.2) is 61.7 Å². The van der Waals surface area contributed by atoms with E-state index in [2.05, 4.69) is 29.0 Å². The summed E-state index contributed by atoms with van der Waals surface area (Å²) >= 11 is 0. The number of rotatable bonds is 7. The maximum atomic E-state index is 3.48. The SMILES string of the molecule is CCCN(CCC)C1CCN(CC2CCNCC2)CC1. The minimum atomic E-state index is 0.860. The molecule has 0 atom stereocenters. The van der Waals surface area contributed by atoms with E-state index in [9.17, 15) is 0 Å². The van der Waals surface area contributed by atoms with E-state index >= 15 is 0 Å². The maximum Gasteiger partial charge on any atom is 0.0120 e. The molecule has 0 aliphatic carbocycles. The lowest BCUT2D eigenvalue weighted by molar-refractivity contribution is 0.0945. The van der Waals surface area contributed by atoms with Gasteiger partial charge in [0.2, 0.25) is 0 Å². The normalized spacial score (nSPS) is 23.6. The molecule has 2 saturated heterocycles. The van der Waals surface area contributed by atoms with E-state index in [4.69, 9.17) is 0 Å². The second kappa shape index (κ2) is 9.01. The molecule has 0 aromatic rings. The number of piperidine rings is 2. The minimum absolute atomic E-state index is 0.860. The molecule has 3 heteroatoms. The second-order valence-electron chi connectivity index (χ2n) is 6.76. The Kier molecular flexibility index (Phi) is 7.32. The molecule has 0 spiro atoms. The Morgan fingerprint density at radius 1 is 0.950 bits per heavy atom. The van der Waals surface area contributed by atoms with Crippen LogP contribution in [0, 0.1) is 5.92 Å². The van der Waals surface area contributed by atoms with Gasteiger partial charge in [0, 0.05) is 12.6 Å². The van der Waals surface area contributed by atoms with Gasteiger partial charge in [-0.15, -0.1) is 0 Å². The van der Waals surface area contributed by atoms with Crippen LogP contribution in [0.2, 0.25) is 0 Å². The highest BCUT2D eigenvalue weighted by atomic mass is 15.2. The molecule has 0 amide bonds. The van der Waals surface area contributed by atoms with Crippen molar-refractivity contribution in [3.63, 3.8) is 0 Å². The van der Waals surface area contributed by atoms with Crippen molar-refractivity contribution in [1.82, 2.24) is 15.1 Å². The van der Waals surface area contributed by atoms with Gasteiger partial charge in [-0.25, -0.2) is 0 Å². The minimum Gasteiger partial charge on any atom is -0.317 e. The van der Waals surface area contributed by atoms with Crippen molar-refractivity contribution in [3.05, 3.63) is 0 Å². The first-order valence-electron chi connectivity index (χ1n) is 9.00. The Morgan fingerprint density at radius 3 is 2.10 bits per heavy atom. The van der Waals surface area contributed by atoms with Gasteiger partial charge in [-0.3, -0.25) is 0 Å². The van der Waals surface area contributed by atoms with Crippen LogP contribution in [-0.2, 0) is 0 Å². The predicted molar refractivity (Wildman–Crippen MR) is 87.2 cm³/mol. The topological polar surface area (TPSA) is 18.5 Å². The maximum absolute atomic E-state index is 3.48. The van der Waals surface area contributed by atoms with E-state index < -0.39 is 0 Å². The first kappa shape index (κ1) is 16.3. The summed E-state index contributed by atoms with van der Waals surface area (Å²) in [6, 6.07) is 0.860. The van der Waals surface area contributed by atoms with E-state index in [0.29, 0.717) is 0 Å². The quantitative estimate of drug-likeness (QED) is 0.774. The lowest BCUT2D eigenvalue weighted by atomic mass is 9.95. The van der Waals surface area contributed by atoms with Crippen LogP contribution in [0.5, 0.6) is 0 Å². The monoisotopic (exact) mass is 281 g/mol. The summed E-state index contributed by atoms with van der Waals surface area (Å²) in [7, 11) is 0. The van der Waals surface area contributed by atoms with Crippen molar-refractivity contribution in [2.75, 3.05) is 45.8 Å². The number of hydrogen-bond donors (Lipinski definition) is 1. The predicted octanol–water partition coefficient (Wildman–Crippen LogP) is 2.57. The fraction of sp³-hybridized carbons (Fsp3) is 1.00. The van der Waals surface area contributed by atoms with Crippen molar-refractivity contribution >= 4 is 0 Å². The second-order valence-corrected chi connectivity index (χ2v) is 6.76. The molecular formula is C17H35N3. The van der Waals surface area contributed by atoms with Crippen LogP contribution in [0.25, 0.3) is 0 Å². The average Bonchev–Trinajstić information content (AvgIpc) is 2.49. The molecule has 20 heavy (non-hydrogen) atoms. The van der Waals surface area contributed by atoms with E-state index in [1.165, 1.54) is 84.3 Å². The zero-order chi connectivity index (χ0) is 14.2. The Balaban J connectivity index is 1.70. The fourth-order valence-corrected chi connectivity index (χ4v) is 3.95. The Labute approximate surface area is 126 Å². The molecule has 0 bridgehead atoms. The van der Waals surface area contributed by atoms with Gasteiger partial charge in [0.25, 0.3) is 0 Å². The molecule has 2 rings (SSSR count). The molecule has 2 fully saturated rings. The van der Waals surface area contributed by atoms with Crippen molar-refractivity contribution in [2.45, 2.75) is 58.4 Å². The summed E-state index contributed by atoms with van der Waals surface area (Å²) < 4.78 is 0. The Morgan fingerprint density at radius 2 is 1.55 bits per heavy atom. The van der Waals surface area contributed by atoms with Crippen LogP contribution < -0.4 is 5.32 Å². The third-order valence-electron chi connectivity index (χ3n) is 5.07. The molecular weight excluding hydrogens is 246 g/mol. The summed E-state index contributed by atoms with van der Waals surface area (Å²) in [5, 5.41) is 3.48. The first-order valence-corrected chi connectivity index (χ1v) is 9.00. The highest BCUT2D eigenvalue weighted by Gasteiger charge is 2.25. The zero-order valence-electron chi connectivity index (χ0n) is 13.7. The van der Waals surface area contributed by atoms with Gasteiger partial charge in [0.1, 0.15) is 0 Å². The summed E-state index contributed by atoms with van der Waals surface area (Å²) in [4.78, 5) is 5.49. The average molecular weight is 281 g/mol. The third-order valence-corrected chi connectivity index (χ3v) is 5.07. The molecule has 2 aliphatic heterocycles. The van der Waals surface area contributed by atoms with Gasteiger partial charge < -0.3 is 15.1 Å². The highest BCUT2D eigenvalue weighted by molar-refractivity contribution is 4.81. The molecule has 0 saturated carbocycles. The smallest absolute Gasteiger partial charge is 0.0120 e. The lowest BCUT2D eigenvalue weighted by Crippen LogP contribution is -2.47. The van der Waals surface area contributed by atoms with Gasteiger partial charge >= 0.3 is 0 Å². The van der Waals surface area contributed by atoms with Crippen LogP contribution >= 0.6 is 0 Å². The number of nitrogens with one attached hydrogen (secondary N) is 1. The van der Waals surface area contributed by atoms with Crippen LogP contribution in [0.4, 0.5) is 0 Å². The summed E-state index contributed by atoms with van der Waals surface area (Å²) in [6.07, 6.45) is 8.16. The van der Waals surface area contributed by atoms with E-state index in [0.717, 1.165) is 12.0 Å². The van der Waals surface area contributed by atoms with Crippen molar-refractivity contribution < 1.29 is 0 Å². The molecule has 0 aromatic carbocycles. The van der Waals surface area contributed by atoms with Gasteiger partial charge in [-0.05, 0) is 83.7 Å². The van der Waals surface area contributed by atoms with E-state index in [1.54, 1.807) is 0 Å². The molecule has 3 nitrogen and oxygen atoms in total.